The normalized spacial score (nSPS) is 15.4. The van der Waals surface area contributed by atoms with Gasteiger partial charge in [-0.3, -0.25) is 0 Å². The lowest BCUT2D eigenvalue weighted by Gasteiger charge is -2.20. The van der Waals surface area contributed by atoms with Crippen molar-refractivity contribution in [3.8, 4) is 12.3 Å². The maximum Gasteiger partial charge on any atom is 0.181 e. The molecular formula is C31H44O3S. The van der Waals surface area contributed by atoms with Gasteiger partial charge in [0.1, 0.15) is 12.4 Å². The summed E-state index contributed by atoms with van der Waals surface area (Å²) >= 11 is 0. The van der Waals surface area contributed by atoms with Crippen LogP contribution in [-0.2, 0) is 14.6 Å². The van der Waals surface area contributed by atoms with Gasteiger partial charge in [0.15, 0.2) is 9.84 Å². The summed E-state index contributed by atoms with van der Waals surface area (Å²) in [7, 11) is -3.46. The molecule has 0 aromatic carbocycles. The molecule has 0 aromatic rings. The van der Waals surface area contributed by atoms with Crippen LogP contribution in [0, 0.1) is 23.7 Å². The molecule has 0 aliphatic rings. The van der Waals surface area contributed by atoms with Crippen LogP contribution in [0.5, 0.6) is 0 Å². The maximum atomic E-state index is 12.8. The summed E-state index contributed by atoms with van der Waals surface area (Å²) in [4.78, 5) is 0.235. The molecule has 4 heteroatoms. The van der Waals surface area contributed by atoms with Crippen LogP contribution in [0.15, 0.2) is 95.2 Å². The number of hydrogen-bond donors (Lipinski definition) is 0. The largest absolute Gasteiger partial charge is 0.490 e. The van der Waals surface area contributed by atoms with Crippen molar-refractivity contribution in [3.05, 3.63) is 95.2 Å². The molecule has 0 radical (unpaired) electrons. The molecular weight excluding hydrogens is 452 g/mol. The number of ether oxygens (including phenoxy) is 1. The Labute approximate surface area is 215 Å². The van der Waals surface area contributed by atoms with Gasteiger partial charge in [-0.05, 0) is 56.8 Å². The summed E-state index contributed by atoms with van der Waals surface area (Å²) < 4.78 is 31.1. The second-order valence-electron chi connectivity index (χ2n) is 9.18. The van der Waals surface area contributed by atoms with Crippen molar-refractivity contribution < 1.29 is 13.2 Å². The minimum absolute atomic E-state index is 0.0256. The minimum Gasteiger partial charge on any atom is -0.490 e. The zero-order chi connectivity index (χ0) is 26.9. The first-order valence-corrected chi connectivity index (χ1v) is 13.7. The Morgan fingerprint density at radius 2 is 1.74 bits per heavy atom. The monoisotopic (exact) mass is 496 g/mol. The third kappa shape index (κ3) is 14.3. The highest BCUT2D eigenvalue weighted by Crippen LogP contribution is 2.26. The number of hydrogen-bond acceptors (Lipinski definition) is 3. The molecule has 0 spiro atoms. The molecule has 0 rings (SSSR count). The smallest absolute Gasteiger partial charge is 0.181 e. The fraction of sp³-hybridized carbons (Fsp3) is 0.419. The first-order chi connectivity index (χ1) is 16.4. The first-order valence-electron chi connectivity index (χ1n) is 12.1. The highest BCUT2D eigenvalue weighted by Gasteiger charge is 2.16. The predicted octanol–water partition coefficient (Wildman–Crippen LogP) is 8.05. The fourth-order valence-electron chi connectivity index (χ4n) is 2.88. The molecule has 0 fully saturated rings. The summed E-state index contributed by atoms with van der Waals surface area (Å²) in [5.41, 5.74) is 2.26. The molecule has 0 saturated carbocycles. The molecule has 35 heavy (non-hydrogen) atoms. The predicted molar refractivity (Wildman–Crippen MR) is 153 cm³/mol. The van der Waals surface area contributed by atoms with Crippen molar-refractivity contribution in [2.45, 2.75) is 61.3 Å². The number of terminal acetylenes is 1. The van der Waals surface area contributed by atoms with E-state index in [2.05, 4.69) is 46.3 Å². The third-order valence-corrected chi connectivity index (χ3v) is 6.88. The van der Waals surface area contributed by atoms with E-state index < -0.39 is 9.84 Å². The molecule has 0 heterocycles. The highest BCUT2D eigenvalue weighted by atomic mass is 32.2. The van der Waals surface area contributed by atoms with Gasteiger partial charge >= 0.3 is 0 Å². The van der Waals surface area contributed by atoms with Crippen molar-refractivity contribution in [2.75, 3.05) is 12.4 Å². The lowest BCUT2D eigenvalue weighted by Crippen LogP contribution is -2.09. The van der Waals surface area contributed by atoms with Gasteiger partial charge in [0.2, 0.25) is 0 Å². The molecule has 192 valence electrons. The van der Waals surface area contributed by atoms with Gasteiger partial charge in [0.05, 0.1) is 10.7 Å². The Kier molecular flexibility index (Phi) is 15.5. The second kappa shape index (κ2) is 16.8. The molecule has 0 N–H and O–H groups in total. The Morgan fingerprint density at radius 3 is 2.29 bits per heavy atom. The maximum absolute atomic E-state index is 12.8. The van der Waals surface area contributed by atoms with Gasteiger partial charge in [0.25, 0.3) is 0 Å². The van der Waals surface area contributed by atoms with E-state index in [1.54, 1.807) is 25.2 Å². The summed E-state index contributed by atoms with van der Waals surface area (Å²) in [5.74, 6) is 3.11. The van der Waals surface area contributed by atoms with Crippen molar-refractivity contribution in [1.82, 2.24) is 0 Å². The topological polar surface area (TPSA) is 43.4 Å². The van der Waals surface area contributed by atoms with E-state index >= 15 is 0 Å². The third-order valence-electron chi connectivity index (χ3n) is 5.16. The van der Waals surface area contributed by atoms with E-state index in [4.69, 9.17) is 11.2 Å². The minimum atomic E-state index is -3.46. The van der Waals surface area contributed by atoms with Gasteiger partial charge in [-0.2, -0.15) is 0 Å². The van der Waals surface area contributed by atoms with Crippen molar-refractivity contribution in [3.63, 3.8) is 0 Å². The molecule has 0 bridgehead atoms. The average Bonchev–Trinajstić information content (AvgIpc) is 2.79. The zero-order valence-electron chi connectivity index (χ0n) is 22.7. The fourth-order valence-corrected chi connectivity index (χ4v) is 4.05. The van der Waals surface area contributed by atoms with E-state index in [-0.39, 0.29) is 22.0 Å². The van der Waals surface area contributed by atoms with Gasteiger partial charge in [-0.25, -0.2) is 8.42 Å². The van der Waals surface area contributed by atoms with E-state index in [0.29, 0.717) is 18.8 Å². The van der Waals surface area contributed by atoms with Crippen LogP contribution >= 0.6 is 0 Å². The van der Waals surface area contributed by atoms with E-state index in [0.717, 1.165) is 12.0 Å². The lowest BCUT2D eigenvalue weighted by molar-refractivity contribution is 0.263. The van der Waals surface area contributed by atoms with E-state index in [1.165, 1.54) is 11.6 Å². The van der Waals surface area contributed by atoms with Gasteiger partial charge in [-0.15, -0.1) is 6.42 Å². The Balaban J connectivity index is 4.89. The van der Waals surface area contributed by atoms with Crippen LogP contribution in [0.3, 0.4) is 0 Å². The Bertz CT molecular complexity index is 1030. The summed E-state index contributed by atoms with van der Waals surface area (Å²) in [6.07, 6.45) is 27.6. The molecule has 3 nitrogen and oxygen atoms in total. The van der Waals surface area contributed by atoms with Crippen LogP contribution in [-0.4, -0.2) is 20.8 Å². The SMILES string of the molecule is C#C[C@H](/C=C\C(C)=C/C)C/C=C\COC(=C)/C=C\C(=C/C)S(=O)(=O)C/C=C\C(=C/CC)C(C)(C)C. The molecule has 0 amide bonds. The molecule has 0 unspecified atom stereocenters. The van der Waals surface area contributed by atoms with Crippen molar-refractivity contribution >= 4 is 9.84 Å². The zero-order valence-corrected chi connectivity index (χ0v) is 23.5. The lowest BCUT2D eigenvalue weighted by atomic mass is 9.85. The summed E-state index contributed by atoms with van der Waals surface area (Å²) in [5, 5.41) is 0. The van der Waals surface area contributed by atoms with Gasteiger partial charge < -0.3 is 4.74 Å². The average molecular weight is 497 g/mol. The number of rotatable bonds is 14. The quantitative estimate of drug-likeness (QED) is 0.106. The molecule has 0 aliphatic heterocycles. The van der Waals surface area contributed by atoms with Crippen molar-refractivity contribution in [1.29, 1.82) is 0 Å². The highest BCUT2D eigenvalue weighted by molar-refractivity contribution is 7.95. The Morgan fingerprint density at radius 1 is 1.06 bits per heavy atom. The molecule has 0 aliphatic carbocycles. The molecule has 0 saturated heterocycles. The van der Waals surface area contributed by atoms with Crippen LogP contribution in [0.4, 0.5) is 0 Å². The second-order valence-corrected chi connectivity index (χ2v) is 11.2. The first kappa shape index (κ1) is 32.2. The molecule has 0 aromatic heterocycles. The van der Waals surface area contributed by atoms with Gasteiger partial charge in [0, 0.05) is 5.92 Å². The van der Waals surface area contributed by atoms with Crippen LogP contribution in [0.2, 0.25) is 0 Å². The Hall–Kier alpha value is -2.77. The summed E-state index contributed by atoms with van der Waals surface area (Å²) in [6, 6.07) is 0. The van der Waals surface area contributed by atoms with Crippen LogP contribution < -0.4 is 0 Å². The van der Waals surface area contributed by atoms with Gasteiger partial charge in [-0.1, -0.05) is 100 Å². The van der Waals surface area contributed by atoms with E-state index in [1.807, 2.05) is 50.3 Å². The summed E-state index contributed by atoms with van der Waals surface area (Å²) in [6.45, 7) is 18.3. The molecule has 1 atom stereocenters. The van der Waals surface area contributed by atoms with E-state index in [9.17, 15) is 8.42 Å². The van der Waals surface area contributed by atoms with Crippen molar-refractivity contribution in [2.24, 2.45) is 11.3 Å². The standard InChI is InChI=1S/C31H44O3S/c1-10-17-29(31(7,8)9)19-16-25-35(32,33)30(13-4)23-21-27(6)34-24-15-14-18-28(12-3)22-20-26(5)11-2/h3,11,13-17,19-23,28H,6,10,18,24-25H2,1-2,4-5,7-9H3/b15-14-,19-16-,22-20-,23-21-,26-11-,29-17+,30-13+/t28-/m0/s1. The number of allylic oxidation sites excluding steroid dienone is 11. The number of sulfone groups is 1. The van der Waals surface area contributed by atoms with Crippen LogP contribution in [0.25, 0.3) is 0 Å². The van der Waals surface area contributed by atoms with Crippen LogP contribution in [0.1, 0.15) is 61.3 Å².